The van der Waals surface area contributed by atoms with Gasteiger partial charge >= 0.3 is 0 Å². The Morgan fingerprint density at radius 1 is 1.33 bits per heavy atom. The van der Waals surface area contributed by atoms with Crippen molar-refractivity contribution in [1.29, 1.82) is 0 Å². The van der Waals surface area contributed by atoms with Gasteiger partial charge in [-0.3, -0.25) is 4.79 Å². The van der Waals surface area contributed by atoms with E-state index in [0.717, 1.165) is 11.3 Å². The molecule has 1 atom stereocenters. The van der Waals surface area contributed by atoms with Crippen molar-refractivity contribution in [2.45, 2.75) is 39.7 Å². The van der Waals surface area contributed by atoms with Gasteiger partial charge in [-0.1, -0.05) is 31.5 Å². The quantitative estimate of drug-likeness (QED) is 0.766. The molecule has 0 N–H and O–H groups in total. The van der Waals surface area contributed by atoms with Crippen LogP contribution in [-0.2, 0) is 11.2 Å². The Morgan fingerprint density at radius 3 is 2.50 bits per heavy atom. The Kier molecular flexibility index (Phi) is 4.38. The average Bonchev–Trinajstić information content (AvgIpc) is 2.67. The highest BCUT2D eigenvalue weighted by Crippen LogP contribution is 2.36. The molecule has 1 aliphatic heterocycles. The molecule has 0 fully saturated rings. The number of rotatable bonds is 1. The van der Waals surface area contributed by atoms with Crippen molar-refractivity contribution in [2.24, 2.45) is 0 Å². The lowest BCUT2D eigenvalue weighted by molar-refractivity contribution is -0.142. The number of amides is 1. The molecule has 1 aromatic carbocycles. The third kappa shape index (κ3) is 2.66. The first-order valence-electron chi connectivity index (χ1n) is 6.43. The summed E-state index contributed by atoms with van der Waals surface area (Å²) >= 11 is 0. The van der Waals surface area contributed by atoms with Gasteiger partial charge in [0.15, 0.2) is 5.60 Å². The van der Waals surface area contributed by atoms with Gasteiger partial charge < -0.3 is 9.64 Å². The molecule has 0 spiro atoms. The molecular weight excluding hydrogens is 226 g/mol. The number of carbonyl (C=O) groups excluding carboxylic acids is 1. The number of hydrogen-bond acceptors (Lipinski definition) is 2. The zero-order valence-electron chi connectivity index (χ0n) is 12.2. The van der Waals surface area contributed by atoms with E-state index in [0.29, 0.717) is 6.42 Å². The van der Waals surface area contributed by atoms with Gasteiger partial charge in [-0.15, -0.1) is 0 Å². The van der Waals surface area contributed by atoms with Gasteiger partial charge in [0.2, 0.25) is 0 Å². The van der Waals surface area contributed by atoms with Crippen LogP contribution in [0.3, 0.4) is 0 Å². The summed E-state index contributed by atoms with van der Waals surface area (Å²) in [4.78, 5) is 13.6. The maximum atomic E-state index is 12.0. The number of nitrogens with zero attached hydrogens (tertiary/aromatic N) is 1. The second-order valence-corrected chi connectivity index (χ2v) is 4.82. The molecule has 2 rings (SSSR count). The van der Waals surface area contributed by atoms with Crippen LogP contribution in [0.2, 0.25) is 0 Å². The van der Waals surface area contributed by atoms with E-state index in [1.165, 1.54) is 5.56 Å². The first kappa shape index (κ1) is 14.6. The van der Waals surface area contributed by atoms with Crippen LogP contribution in [-0.4, -0.2) is 30.5 Å². The average molecular weight is 249 g/mol. The van der Waals surface area contributed by atoms with Crippen LogP contribution in [0, 0.1) is 6.92 Å². The molecule has 0 radical (unpaired) electrons. The van der Waals surface area contributed by atoms with E-state index in [9.17, 15) is 4.79 Å². The number of fused-ring (bicyclic) bond motifs is 1. The van der Waals surface area contributed by atoms with Crippen LogP contribution in [0.15, 0.2) is 18.2 Å². The predicted octanol–water partition coefficient (Wildman–Crippen LogP) is 2.80. The minimum Gasteiger partial charge on any atom is -0.477 e. The highest BCUT2D eigenvalue weighted by molar-refractivity contribution is 5.86. The van der Waals surface area contributed by atoms with E-state index in [1.807, 2.05) is 39.8 Å². The van der Waals surface area contributed by atoms with Crippen molar-refractivity contribution in [1.82, 2.24) is 4.90 Å². The van der Waals surface area contributed by atoms with Crippen molar-refractivity contribution >= 4 is 5.91 Å². The normalized spacial score (nSPS) is 20.3. The minimum absolute atomic E-state index is 0.0151. The van der Waals surface area contributed by atoms with Gasteiger partial charge in [-0.2, -0.15) is 0 Å². The zero-order chi connectivity index (χ0) is 13.9. The molecule has 100 valence electrons. The number of hydrogen-bond donors (Lipinski definition) is 0. The summed E-state index contributed by atoms with van der Waals surface area (Å²) in [6.07, 6.45) is 0.654. The number of carbonyl (C=O) groups is 1. The maximum Gasteiger partial charge on any atom is 0.266 e. The fourth-order valence-electron chi connectivity index (χ4n) is 2.18. The van der Waals surface area contributed by atoms with Crippen molar-refractivity contribution in [2.75, 3.05) is 14.1 Å². The fourth-order valence-corrected chi connectivity index (χ4v) is 2.18. The molecule has 0 saturated heterocycles. The summed E-state index contributed by atoms with van der Waals surface area (Å²) in [5, 5.41) is 0. The highest BCUT2D eigenvalue weighted by Gasteiger charge is 2.42. The van der Waals surface area contributed by atoms with Crippen LogP contribution in [0.5, 0.6) is 5.75 Å². The number of likely N-dealkylation sites (N-methyl/N-ethyl adjacent to an activating group) is 1. The summed E-state index contributed by atoms with van der Waals surface area (Å²) in [5.74, 6) is 0.852. The van der Waals surface area contributed by atoms with Crippen molar-refractivity contribution in [3.05, 3.63) is 29.3 Å². The van der Waals surface area contributed by atoms with Gasteiger partial charge in [0, 0.05) is 20.5 Å². The van der Waals surface area contributed by atoms with E-state index >= 15 is 0 Å². The highest BCUT2D eigenvalue weighted by atomic mass is 16.5. The molecule has 18 heavy (non-hydrogen) atoms. The molecule has 1 heterocycles. The van der Waals surface area contributed by atoms with Crippen molar-refractivity contribution in [3.63, 3.8) is 0 Å². The molecule has 1 amide bonds. The van der Waals surface area contributed by atoms with Gasteiger partial charge in [-0.25, -0.2) is 0 Å². The predicted molar refractivity (Wildman–Crippen MR) is 74.0 cm³/mol. The van der Waals surface area contributed by atoms with E-state index in [4.69, 9.17) is 4.74 Å². The Morgan fingerprint density at radius 2 is 1.94 bits per heavy atom. The Labute approximate surface area is 110 Å². The third-order valence-electron chi connectivity index (χ3n) is 2.94. The summed E-state index contributed by atoms with van der Waals surface area (Å²) in [6.45, 7) is 7.90. The molecule has 0 aromatic heterocycles. The summed E-state index contributed by atoms with van der Waals surface area (Å²) in [7, 11) is 3.51. The van der Waals surface area contributed by atoms with Gasteiger partial charge in [0.1, 0.15) is 5.75 Å². The largest absolute Gasteiger partial charge is 0.477 e. The zero-order valence-corrected chi connectivity index (χ0v) is 12.2. The van der Waals surface area contributed by atoms with E-state index in [2.05, 4.69) is 6.07 Å². The lowest BCUT2D eigenvalue weighted by atomic mass is 9.97. The molecule has 1 aromatic rings. The second kappa shape index (κ2) is 5.42. The van der Waals surface area contributed by atoms with E-state index in [1.54, 1.807) is 19.0 Å². The van der Waals surface area contributed by atoms with Crippen molar-refractivity contribution < 1.29 is 9.53 Å². The monoisotopic (exact) mass is 249 g/mol. The topological polar surface area (TPSA) is 29.5 Å². The third-order valence-corrected chi connectivity index (χ3v) is 2.94. The van der Waals surface area contributed by atoms with Crippen molar-refractivity contribution in [3.8, 4) is 5.75 Å². The summed E-state index contributed by atoms with van der Waals surface area (Å²) in [5.41, 5.74) is 1.58. The molecule has 3 heteroatoms. The van der Waals surface area contributed by atoms with Gasteiger partial charge in [-0.05, 0) is 25.5 Å². The van der Waals surface area contributed by atoms with Crippen LogP contribution in [0.25, 0.3) is 0 Å². The Hall–Kier alpha value is -1.51. The lowest BCUT2D eigenvalue weighted by Crippen LogP contribution is -2.47. The SMILES string of the molecule is CC.Cc1ccc2c(c1)CC(C)(C(=O)N(C)C)O2. The number of aryl methyl sites for hydroxylation is 1. The maximum absolute atomic E-state index is 12.0. The molecule has 0 bridgehead atoms. The van der Waals surface area contributed by atoms with Crippen LogP contribution in [0.4, 0.5) is 0 Å². The fraction of sp³-hybridized carbons (Fsp3) is 0.533. The molecule has 1 unspecified atom stereocenters. The van der Waals surface area contributed by atoms with Gasteiger partial charge in [0.05, 0.1) is 0 Å². The molecular formula is C15H23NO2. The number of benzene rings is 1. The molecule has 0 aliphatic carbocycles. The minimum atomic E-state index is -0.736. The second-order valence-electron chi connectivity index (χ2n) is 4.82. The standard InChI is InChI=1S/C13H17NO2.C2H6/c1-9-5-6-11-10(7-9)8-13(2,16-11)12(15)14(3)4;1-2/h5-7H,8H2,1-4H3;1-2H3. The number of ether oxygens (including phenoxy) is 1. The van der Waals surface area contributed by atoms with Crippen LogP contribution < -0.4 is 4.74 Å². The van der Waals surface area contributed by atoms with E-state index in [-0.39, 0.29) is 5.91 Å². The summed E-state index contributed by atoms with van der Waals surface area (Å²) in [6, 6.07) is 6.03. The first-order valence-corrected chi connectivity index (χ1v) is 6.43. The smallest absolute Gasteiger partial charge is 0.266 e. The molecule has 0 saturated carbocycles. The van der Waals surface area contributed by atoms with E-state index < -0.39 is 5.60 Å². The van der Waals surface area contributed by atoms with Crippen LogP contribution in [0.1, 0.15) is 31.9 Å². The Bertz CT molecular complexity index is 440. The molecule has 1 aliphatic rings. The van der Waals surface area contributed by atoms with Gasteiger partial charge in [0.25, 0.3) is 5.91 Å². The lowest BCUT2D eigenvalue weighted by Gasteiger charge is -2.26. The Balaban J connectivity index is 0.000000771. The first-order chi connectivity index (χ1) is 8.42. The summed E-state index contributed by atoms with van der Waals surface area (Å²) < 4.78 is 5.78. The van der Waals surface area contributed by atoms with Crippen LogP contribution >= 0.6 is 0 Å². The molecule has 3 nitrogen and oxygen atoms in total.